The van der Waals surface area contributed by atoms with Gasteiger partial charge in [0.1, 0.15) is 0 Å². The van der Waals surface area contributed by atoms with E-state index in [1.54, 1.807) is 0 Å². The van der Waals surface area contributed by atoms with Crippen LogP contribution in [0.25, 0.3) is 0 Å². The standard InChI is InChI=1S/C13H26/c1-11(2)8-6-7-9-13(5)10-12(3)4/h6,8,11-13H,7,9-10H2,1-5H3/b8-6+/t13-/m1/s1. The first-order valence-electron chi connectivity index (χ1n) is 5.69. The molecule has 0 amide bonds. The van der Waals surface area contributed by atoms with Gasteiger partial charge in [-0.3, -0.25) is 0 Å². The van der Waals surface area contributed by atoms with Crippen molar-refractivity contribution >= 4 is 0 Å². The molecule has 0 nitrogen and oxygen atoms in total. The molecule has 0 heterocycles. The van der Waals surface area contributed by atoms with Crippen LogP contribution in [0.15, 0.2) is 12.2 Å². The molecule has 0 saturated heterocycles. The summed E-state index contributed by atoms with van der Waals surface area (Å²) >= 11 is 0. The lowest BCUT2D eigenvalue weighted by Crippen LogP contribution is -1.99. The molecule has 0 saturated carbocycles. The van der Waals surface area contributed by atoms with Crippen LogP contribution in [0.5, 0.6) is 0 Å². The Labute approximate surface area is 84.4 Å². The first kappa shape index (κ1) is 12.7. The van der Waals surface area contributed by atoms with Gasteiger partial charge in [0, 0.05) is 0 Å². The highest BCUT2D eigenvalue weighted by molar-refractivity contribution is 4.84. The van der Waals surface area contributed by atoms with Gasteiger partial charge in [-0.2, -0.15) is 0 Å². The van der Waals surface area contributed by atoms with Gasteiger partial charge in [-0.25, -0.2) is 0 Å². The van der Waals surface area contributed by atoms with Crippen molar-refractivity contribution in [3.8, 4) is 0 Å². The molecular weight excluding hydrogens is 156 g/mol. The monoisotopic (exact) mass is 182 g/mol. The quantitative estimate of drug-likeness (QED) is 0.524. The first-order valence-corrected chi connectivity index (χ1v) is 5.69. The molecule has 0 aliphatic carbocycles. The summed E-state index contributed by atoms with van der Waals surface area (Å²) in [5.41, 5.74) is 0. The van der Waals surface area contributed by atoms with Gasteiger partial charge in [0.05, 0.1) is 0 Å². The SMILES string of the molecule is CC(C)/C=C/CC[C@@H](C)CC(C)C. The molecule has 0 aromatic carbocycles. The maximum absolute atomic E-state index is 2.36. The fraction of sp³-hybridized carbons (Fsp3) is 0.846. The Morgan fingerprint density at radius 2 is 1.62 bits per heavy atom. The Morgan fingerprint density at radius 1 is 1.00 bits per heavy atom. The average Bonchev–Trinajstić information content (AvgIpc) is 1.96. The fourth-order valence-electron chi connectivity index (χ4n) is 1.67. The van der Waals surface area contributed by atoms with Crippen LogP contribution in [0.2, 0.25) is 0 Å². The molecular formula is C13H26. The Kier molecular flexibility index (Phi) is 7.03. The summed E-state index contributed by atoms with van der Waals surface area (Å²) in [6.45, 7) is 11.4. The second-order valence-electron chi connectivity index (χ2n) is 4.98. The van der Waals surface area contributed by atoms with E-state index in [9.17, 15) is 0 Å². The third-order valence-corrected chi connectivity index (χ3v) is 2.22. The van der Waals surface area contributed by atoms with E-state index in [2.05, 4.69) is 46.8 Å². The van der Waals surface area contributed by atoms with Crippen molar-refractivity contribution in [2.45, 2.75) is 53.9 Å². The molecule has 0 heteroatoms. The average molecular weight is 182 g/mol. The Balaban J connectivity index is 3.42. The summed E-state index contributed by atoms with van der Waals surface area (Å²) in [7, 11) is 0. The molecule has 0 unspecified atom stereocenters. The van der Waals surface area contributed by atoms with E-state index in [0.29, 0.717) is 5.92 Å². The van der Waals surface area contributed by atoms with Gasteiger partial charge in [0.2, 0.25) is 0 Å². The van der Waals surface area contributed by atoms with Gasteiger partial charge in [-0.1, -0.05) is 46.8 Å². The number of hydrogen-bond donors (Lipinski definition) is 0. The number of rotatable bonds is 6. The lowest BCUT2D eigenvalue weighted by atomic mass is 9.94. The number of allylic oxidation sites excluding steroid dienone is 2. The predicted octanol–water partition coefficient (Wildman–Crippen LogP) is 4.66. The van der Waals surface area contributed by atoms with Gasteiger partial charge in [0.25, 0.3) is 0 Å². The molecule has 78 valence electrons. The molecule has 0 spiro atoms. The van der Waals surface area contributed by atoms with E-state index in [-0.39, 0.29) is 0 Å². The molecule has 0 aromatic rings. The van der Waals surface area contributed by atoms with Crippen LogP contribution >= 0.6 is 0 Å². The Bertz CT molecular complexity index is 131. The van der Waals surface area contributed by atoms with E-state index in [1.165, 1.54) is 19.3 Å². The van der Waals surface area contributed by atoms with Crippen LogP contribution in [-0.4, -0.2) is 0 Å². The van der Waals surface area contributed by atoms with Gasteiger partial charge < -0.3 is 0 Å². The van der Waals surface area contributed by atoms with Crippen molar-refractivity contribution in [2.75, 3.05) is 0 Å². The zero-order chi connectivity index (χ0) is 10.3. The highest BCUT2D eigenvalue weighted by Gasteiger charge is 2.03. The van der Waals surface area contributed by atoms with Crippen LogP contribution in [0.4, 0.5) is 0 Å². The van der Waals surface area contributed by atoms with E-state index in [1.807, 2.05) is 0 Å². The smallest absolute Gasteiger partial charge is 0.0290 e. The summed E-state index contributed by atoms with van der Waals surface area (Å²) < 4.78 is 0. The predicted molar refractivity (Wildman–Crippen MR) is 61.8 cm³/mol. The van der Waals surface area contributed by atoms with Crippen LogP contribution < -0.4 is 0 Å². The minimum Gasteiger partial charge on any atom is -0.0883 e. The summed E-state index contributed by atoms with van der Waals surface area (Å²) in [5, 5.41) is 0. The molecule has 0 aromatic heterocycles. The maximum atomic E-state index is 2.36. The van der Waals surface area contributed by atoms with Crippen LogP contribution in [0, 0.1) is 17.8 Å². The summed E-state index contributed by atoms with van der Waals surface area (Å²) in [5.74, 6) is 2.45. The van der Waals surface area contributed by atoms with E-state index < -0.39 is 0 Å². The minimum atomic E-state index is 0.709. The van der Waals surface area contributed by atoms with Gasteiger partial charge in [-0.15, -0.1) is 0 Å². The maximum Gasteiger partial charge on any atom is -0.0290 e. The number of hydrogen-bond acceptors (Lipinski definition) is 0. The molecule has 0 N–H and O–H groups in total. The van der Waals surface area contributed by atoms with Gasteiger partial charge >= 0.3 is 0 Å². The van der Waals surface area contributed by atoms with Crippen molar-refractivity contribution < 1.29 is 0 Å². The van der Waals surface area contributed by atoms with Gasteiger partial charge in [0.15, 0.2) is 0 Å². The van der Waals surface area contributed by atoms with Crippen molar-refractivity contribution in [2.24, 2.45) is 17.8 Å². The largest absolute Gasteiger partial charge is 0.0883 e. The second-order valence-corrected chi connectivity index (χ2v) is 4.98. The zero-order valence-corrected chi connectivity index (χ0v) is 10.0. The Hall–Kier alpha value is -0.260. The van der Waals surface area contributed by atoms with Crippen molar-refractivity contribution in [1.29, 1.82) is 0 Å². The van der Waals surface area contributed by atoms with E-state index in [0.717, 1.165) is 11.8 Å². The third-order valence-electron chi connectivity index (χ3n) is 2.22. The first-order chi connectivity index (χ1) is 6.02. The second kappa shape index (κ2) is 7.17. The van der Waals surface area contributed by atoms with Crippen molar-refractivity contribution in [1.82, 2.24) is 0 Å². The van der Waals surface area contributed by atoms with E-state index in [4.69, 9.17) is 0 Å². The minimum absolute atomic E-state index is 0.709. The molecule has 0 rings (SSSR count). The van der Waals surface area contributed by atoms with Crippen LogP contribution in [0.1, 0.15) is 53.9 Å². The van der Waals surface area contributed by atoms with Crippen LogP contribution in [-0.2, 0) is 0 Å². The summed E-state index contributed by atoms with van der Waals surface area (Å²) in [6, 6.07) is 0. The van der Waals surface area contributed by atoms with E-state index >= 15 is 0 Å². The molecule has 0 bridgehead atoms. The molecule has 13 heavy (non-hydrogen) atoms. The lowest BCUT2D eigenvalue weighted by Gasteiger charge is -2.12. The Morgan fingerprint density at radius 3 is 2.08 bits per heavy atom. The molecule has 0 aliphatic rings. The van der Waals surface area contributed by atoms with Crippen molar-refractivity contribution in [3.63, 3.8) is 0 Å². The molecule has 0 aliphatic heterocycles. The zero-order valence-electron chi connectivity index (χ0n) is 10.0. The normalized spacial score (nSPS) is 14.7. The molecule has 1 atom stereocenters. The highest BCUT2D eigenvalue weighted by atomic mass is 14.1. The summed E-state index contributed by atoms with van der Waals surface area (Å²) in [6.07, 6.45) is 8.62. The van der Waals surface area contributed by atoms with Crippen molar-refractivity contribution in [3.05, 3.63) is 12.2 Å². The topological polar surface area (TPSA) is 0 Å². The molecule has 0 radical (unpaired) electrons. The third kappa shape index (κ3) is 9.66. The highest BCUT2D eigenvalue weighted by Crippen LogP contribution is 2.16. The van der Waals surface area contributed by atoms with Crippen LogP contribution in [0.3, 0.4) is 0 Å². The van der Waals surface area contributed by atoms with Gasteiger partial charge in [-0.05, 0) is 37.0 Å². The lowest BCUT2D eigenvalue weighted by molar-refractivity contribution is 0.417. The fourth-order valence-corrected chi connectivity index (χ4v) is 1.67. The summed E-state index contributed by atoms with van der Waals surface area (Å²) in [4.78, 5) is 0. The molecule has 0 fully saturated rings.